The minimum absolute atomic E-state index is 0.102. The lowest BCUT2D eigenvalue weighted by Gasteiger charge is -2.54. The van der Waals surface area contributed by atoms with E-state index >= 15 is 0 Å². The van der Waals surface area contributed by atoms with Crippen LogP contribution in [0.2, 0.25) is 5.02 Å². The summed E-state index contributed by atoms with van der Waals surface area (Å²) in [6.07, 6.45) is 2.24. The van der Waals surface area contributed by atoms with Crippen molar-refractivity contribution < 1.29 is 14.4 Å². The van der Waals surface area contributed by atoms with Crippen LogP contribution in [-0.2, 0) is 24.1 Å². The fraction of sp³-hybridized carbons (Fsp3) is 0.323. The van der Waals surface area contributed by atoms with Gasteiger partial charge in [0.15, 0.2) is 0 Å². The highest BCUT2D eigenvalue weighted by Crippen LogP contribution is 2.69. The van der Waals surface area contributed by atoms with E-state index in [9.17, 15) is 14.4 Å². The van der Waals surface area contributed by atoms with E-state index in [1.807, 2.05) is 67.6 Å². The molecule has 0 radical (unpaired) electrons. The Morgan fingerprint density at radius 1 is 0.821 bits per heavy atom. The Hall–Kier alpha value is -2.86. The van der Waals surface area contributed by atoms with Gasteiger partial charge in [-0.25, -0.2) is 0 Å². The van der Waals surface area contributed by atoms with Crippen LogP contribution in [0.4, 0.5) is 5.69 Å². The van der Waals surface area contributed by atoms with Gasteiger partial charge in [-0.1, -0.05) is 72.6 Å². The van der Waals surface area contributed by atoms with Crippen molar-refractivity contribution in [3.05, 3.63) is 99.6 Å². The molecule has 0 aromatic heterocycles. The van der Waals surface area contributed by atoms with E-state index in [1.165, 1.54) is 4.90 Å². The fourth-order valence-electron chi connectivity index (χ4n) is 6.57. The molecule has 200 valence electrons. The number of anilines is 1. The van der Waals surface area contributed by atoms with Gasteiger partial charge in [-0.15, -0.1) is 23.2 Å². The third kappa shape index (κ3) is 3.85. The van der Waals surface area contributed by atoms with Crippen molar-refractivity contribution in [3.8, 4) is 0 Å². The highest BCUT2D eigenvalue weighted by Gasteiger charge is 2.72. The second kappa shape index (κ2) is 9.65. The van der Waals surface area contributed by atoms with Gasteiger partial charge >= 0.3 is 0 Å². The maximum absolute atomic E-state index is 13.8. The molecule has 3 aliphatic carbocycles. The van der Waals surface area contributed by atoms with E-state index in [1.54, 1.807) is 6.07 Å². The van der Waals surface area contributed by atoms with Crippen LogP contribution in [0.1, 0.15) is 53.5 Å². The van der Waals surface area contributed by atoms with Crippen molar-refractivity contribution in [3.63, 3.8) is 0 Å². The van der Waals surface area contributed by atoms with E-state index in [-0.39, 0.29) is 24.3 Å². The summed E-state index contributed by atoms with van der Waals surface area (Å²) < 4.78 is 0. The van der Waals surface area contributed by atoms with Crippen LogP contribution in [0.5, 0.6) is 0 Å². The Bertz CT molecular complexity index is 1400. The summed E-state index contributed by atoms with van der Waals surface area (Å²) in [5.41, 5.74) is 4.79. The Balaban J connectivity index is 1.15. The molecule has 2 bridgehead atoms. The van der Waals surface area contributed by atoms with Crippen LogP contribution in [-0.4, -0.2) is 29.2 Å². The second-order valence-electron chi connectivity index (χ2n) is 10.6. The number of likely N-dealkylation sites (tertiary alicyclic amines) is 1. The van der Waals surface area contributed by atoms with Gasteiger partial charge in [-0.2, -0.15) is 0 Å². The van der Waals surface area contributed by atoms with Gasteiger partial charge in [0.2, 0.25) is 17.7 Å². The van der Waals surface area contributed by atoms with E-state index < -0.39 is 21.6 Å². The zero-order valence-electron chi connectivity index (χ0n) is 21.3. The molecule has 0 saturated carbocycles. The molecule has 39 heavy (non-hydrogen) atoms. The number of nitrogens with one attached hydrogen (secondary N) is 1. The summed E-state index contributed by atoms with van der Waals surface area (Å²) in [5, 5.41) is 3.46. The van der Waals surface area contributed by atoms with E-state index in [0.29, 0.717) is 36.4 Å². The lowest BCUT2D eigenvalue weighted by Crippen LogP contribution is -2.57. The zero-order valence-corrected chi connectivity index (χ0v) is 23.6. The molecular weight excluding hydrogens is 555 g/mol. The molecule has 2 atom stereocenters. The highest BCUT2D eigenvalue weighted by molar-refractivity contribution is 6.36. The van der Waals surface area contributed by atoms with Crippen LogP contribution in [0.3, 0.4) is 0 Å². The summed E-state index contributed by atoms with van der Waals surface area (Å²) in [5.74, 6) is -2.21. The summed E-state index contributed by atoms with van der Waals surface area (Å²) in [4.78, 5) is 39.0. The van der Waals surface area contributed by atoms with Gasteiger partial charge in [0.25, 0.3) is 0 Å². The number of benzene rings is 3. The number of rotatable bonds is 7. The number of halogens is 3. The van der Waals surface area contributed by atoms with E-state index in [2.05, 4.69) is 5.32 Å². The molecule has 3 aromatic rings. The van der Waals surface area contributed by atoms with Crippen molar-refractivity contribution in [1.82, 2.24) is 4.90 Å². The van der Waals surface area contributed by atoms with Gasteiger partial charge in [0.05, 0.1) is 11.8 Å². The minimum Gasteiger partial charge on any atom is -0.326 e. The predicted molar refractivity (Wildman–Crippen MR) is 153 cm³/mol. The Labute approximate surface area is 242 Å². The van der Waals surface area contributed by atoms with Crippen molar-refractivity contribution in [2.45, 2.75) is 42.4 Å². The fourth-order valence-corrected chi connectivity index (χ4v) is 7.85. The minimum atomic E-state index is -1.16. The molecule has 1 aliphatic heterocycles. The first-order chi connectivity index (χ1) is 18.7. The van der Waals surface area contributed by atoms with Crippen LogP contribution in [0, 0.1) is 18.8 Å². The normalized spacial score (nSPS) is 26.3. The molecule has 7 rings (SSSR count). The van der Waals surface area contributed by atoms with Crippen molar-refractivity contribution >= 4 is 58.2 Å². The number of amides is 3. The molecule has 3 aromatic carbocycles. The van der Waals surface area contributed by atoms with Gasteiger partial charge in [0, 0.05) is 23.7 Å². The van der Waals surface area contributed by atoms with Gasteiger partial charge < -0.3 is 5.32 Å². The highest BCUT2D eigenvalue weighted by atomic mass is 35.5. The standard InChI is InChI=1S/C31H27Cl3N2O3/c1-18-14-15-19(17-24(18)32)35-25(37)13-3-2-8-16-36-28(38)26-27(29(36)39)31(34)21-10-5-4-9-20(21)30(26,33)22-11-6-7-12-23(22)31/h4-7,9-12,14-15,17,26-27H,2-3,8,13,16H2,1H3,(H,35,37)/t26-,27-,30?,31?/m1/s1. The van der Waals surface area contributed by atoms with Crippen molar-refractivity contribution in [1.29, 1.82) is 0 Å². The van der Waals surface area contributed by atoms with Gasteiger partial charge in [-0.05, 0) is 59.7 Å². The number of aryl methyl sites for hydroxylation is 1. The van der Waals surface area contributed by atoms with Crippen LogP contribution in [0.15, 0.2) is 66.7 Å². The first-order valence-corrected chi connectivity index (χ1v) is 14.3. The molecule has 1 fully saturated rings. The predicted octanol–water partition coefficient (Wildman–Crippen LogP) is 6.74. The third-order valence-electron chi connectivity index (χ3n) is 8.42. The monoisotopic (exact) mass is 580 g/mol. The molecule has 4 aliphatic rings. The topological polar surface area (TPSA) is 66.5 Å². The maximum atomic E-state index is 13.8. The molecule has 8 heteroatoms. The molecular formula is C31H27Cl3N2O3. The largest absolute Gasteiger partial charge is 0.326 e. The van der Waals surface area contributed by atoms with Gasteiger partial charge in [0.1, 0.15) is 9.75 Å². The molecule has 0 spiro atoms. The lowest BCUT2D eigenvalue weighted by molar-refractivity contribution is -0.140. The summed E-state index contributed by atoms with van der Waals surface area (Å²) in [7, 11) is 0. The first kappa shape index (κ1) is 26.4. The number of hydrogen-bond donors (Lipinski definition) is 1. The number of nitrogens with zero attached hydrogens (tertiary/aromatic N) is 1. The van der Waals surface area contributed by atoms with Gasteiger partial charge in [-0.3, -0.25) is 19.3 Å². The average molecular weight is 582 g/mol. The molecule has 1 N–H and O–H groups in total. The average Bonchev–Trinajstić information content (AvgIpc) is 3.19. The number of carbonyl (C=O) groups is 3. The van der Waals surface area contributed by atoms with Crippen LogP contribution >= 0.6 is 34.8 Å². The van der Waals surface area contributed by atoms with E-state index in [0.717, 1.165) is 27.8 Å². The molecule has 1 saturated heterocycles. The van der Waals surface area contributed by atoms with E-state index in [4.69, 9.17) is 34.8 Å². The summed E-state index contributed by atoms with van der Waals surface area (Å²) >= 11 is 21.0. The molecule has 0 unspecified atom stereocenters. The SMILES string of the molecule is Cc1ccc(NC(=O)CCCCCN2C(=O)[C@H]3[C@H](C2=O)C2(Cl)c4ccccc4C3(Cl)c3ccccc32)cc1Cl. The molecule has 1 heterocycles. The first-order valence-electron chi connectivity index (χ1n) is 13.2. The quantitative estimate of drug-likeness (QED) is 0.191. The second-order valence-corrected chi connectivity index (χ2v) is 12.2. The lowest BCUT2D eigenvalue weighted by atomic mass is 9.54. The summed E-state index contributed by atoms with van der Waals surface area (Å²) in [6.45, 7) is 2.17. The number of unbranched alkanes of at least 4 members (excludes halogenated alkanes) is 2. The number of imide groups is 1. The Morgan fingerprint density at radius 2 is 1.33 bits per heavy atom. The van der Waals surface area contributed by atoms with Crippen LogP contribution < -0.4 is 5.32 Å². The molecule has 3 amide bonds. The smallest absolute Gasteiger partial charge is 0.235 e. The maximum Gasteiger partial charge on any atom is 0.235 e. The Kier molecular flexibility index (Phi) is 6.53. The summed E-state index contributed by atoms with van der Waals surface area (Å²) in [6, 6.07) is 20.7. The number of alkyl halides is 2. The molecule has 5 nitrogen and oxygen atoms in total. The Morgan fingerprint density at radius 3 is 1.82 bits per heavy atom. The van der Waals surface area contributed by atoms with Crippen molar-refractivity contribution in [2.75, 3.05) is 11.9 Å². The number of carbonyl (C=O) groups excluding carboxylic acids is 3. The van der Waals surface area contributed by atoms with Crippen molar-refractivity contribution in [2.24, 2.45) is 11.8 Å². The van der Waals surface area contributed by atoms with Crippen LogP contribution in [0.25, 0.3) is 0 Å². The third-order valence-corrected chi connectivity index (χ3v) is 10.1. The zero-order chi connectivity index (χ0) is 27.5. The number of hydrogen-bond acceptors (Lipinski definition) is 3.